The van der Waals surface area contributed by atoms with E-state index in [9.17, 15) is 0 Å². The molecule has 0 unspecified atom stereocenters. The van der Waals surface area contributed by atoms with Crippen molar-refractivity contribution >= 4 is 32.6 Å². The van der Waals surface area contributed by atoms with Crippen LogP contribution in [0.2, 0.25) is 0 Å². The molecule has 0 atom stereocenters. The van der Waals surface area contributed by atoms with Crippen LogP contribution in [0.15, 0.2) is 152 Å². The summed E-state index contributed by atoms with van der Waals surface area (Å²) in [5.41, 5.74) is 9.67. The number of para-hydroxylation sites is 1. The van der Waals surface area contributed by atoms with Crippen LogP contribution in [0.1, 0.15) is 0 Å². The summed E-state index contributed by atoms with van der Waals surface area (Å²) in [5.74, 6) is 0.725. The SMILES string of the molecule is c1ccc(-c2nc(-c3cccc(-c4ccc(-c5cccc6c5ccc5cccnc56)cc4)c3)nc3ccccc23)cc1. The number of benzene rings is 6. The van der Waals surface area contributed by atoms with Crippen LogP contribution in [0.4, 0.5) is 0 Å². The number of aromatic nitrogens is 3. The number of pyridine rings is 1. The highest BCUT2D eigenvalue weighted by Crippen LogP contribution is 2.35. The Morgan fingerprint density at radius 3 is 2.05 bits per heavy atom. The highest BCUT2D eigenvalue weighted by molar-refractivity contribution is 6.10. The minimum absolute atomic E-state index is 0.725. The second-order valence-electron chi connectivity index (χ2n) is 10.5. The molecule has 3 heteroatoms. The summed E-state index contributed by atoms with van der Waals surface area (Å²) in [4.78, 5) is 14.7. The number of fused-ring (bicyclic) bond motifs is 4. The van der Waals surface area contributed by atoms with Crippen molar-refractivity contribution in [2.75, 3.05) is 0 Å². The average Bonchev–Trinajstić information content (AvgIpc) is 3.08. The lowest BCUT2D eigenvalue weighted by molar-refractivity contribution is 1.23. The first-order valence-electron chi connectivity index (χ1n) is 14.1. The fourth-order valence-electron chi connectivity index (χ4n) is 5.86. The third-order valence-electron chi connectivity index (χ3n) is 7.93. The van der Waals surface area contributed by atoms with E-state index in [1.54, 1.807) is 0 Å². The van der Waals surface area contributed by atoms with Gasteiger partial charge in [0, 0.05) is 33.5 Å². The van der Waals surface area contributed by atoms with Crippen LogP contribution >= 0.6 is 0 Å². The maximum atomic E-state index is 5.06. The maximum absolute atomic E-state index is 5.06. The van der Waals surface area contributed by atoms with Gasteiger partial charge in [-0.05, 0) is 45.8 Å². The van der Waals surface area contributed by atoms with Gasteiger partial charge in [0.15, 0.2) is 5.82 Å². The zero-order chi connectivity index (χ0) is 27.9. The van der Waals surface area contributed by atoms with Crippen LogP contribution in [0.25, 0.3) is 77.5 Å². The third-order valence-corrected chi connectivity index (χ3v) is 7.93. The molecule has 2 aromatic heterocycles. The van der Waals surface area contributed by atoms with Crippen LogP contribution in [-0.4, -0.2) is 15.0 Å². The quantitative estimate of drug-likeness (QED) is 0.211. The van der Waals surface area contributed by atoms with Crippen LogP contribution < -0.4 is 0 Å². The van der Waals surface area contributed by atoms with Gasteiger partial charge in [0.2, 0.25) is 0 Å². The Bertz CT molecular complexity index is 2240. The summed E-state index contributed by atoms with van der Waals surface area (Å²) in [5, 5.41) is 4.59. The van der Waals surface area contributed by atoms with Gasteiger partial charge in [-0.2, -0.15) is 0 Å². The van der Waals surface area contributed by atoms with Crippen molar-refractivity contribution in [2.45, 2.75) is 0 Å². The van der Waals surface area contributed by atoms with E-state index in [-0.39, 0.29) is 0 Å². The predicted molar refractivity (Wildman–Crippen MR) is 174 cm³/mol. The highest BCUT2D eigenvalue weighted by atomic mass is 14.9. The lowest BCUT2D eigenvalue weighted by atomic mass is 9.94. The van der Waals surface area contributed by atoms with E-state index in [1.807, 2.05) is 42.6 Å². The normalized spacial score (nSPS) is 11.3. The summed E-state index contributed by atoms with van der Waals surface area (Å²) < 4.78 is 0. The molecular formula is C39H25N3. The van der Waals surface area contributed by atoms with Gasteiger partial charge in [0.1, 0.15) is 0 Å². The van der Waals surface area contributed by atoms with E-state index >= 15 is 0 Å². The molecular weight excluding hydrogens is 510 g/mol. The molecule has 2 heterocycles. The largest absolute Gasteiger partial charge is 0.256 e. The van der Waals surface area contributed by atoms with Gasteiger partial charge in [-0.3, -0.25) is 4.98 Å². The van der Waals surface area contributed by atoms with Crippen LogP contribution in [0, 0.1) is 0 Å². The average molecular weight is 536 g/mol. The van der Waals surface area contributed by atoms with Gasteiger partial charge in [0.25, 0.3) is 0 Å². The third kappa shape index (κ3) is 4.20. The van der Waals surface area contributed by atoms with Crippen molar-refractivity contribution in [1.82, 2.24) is 15.0 Å². The van der Waals surface area contributed by atoms with Gasteiger partial charge in [0.05, 0.1) is 16.7 Å². The Kier molecular flexibility index (Phi) is 5.79. The predicted octanol–water partition coefficient (Wildman–Crippen LogP) is 10.00. The minimum Gasteiger partial charge on any atom is -0.256 e. The lowest BCUT2D eigenvalue weighted by Crippen LogP contribution is -1.95. The van der Waals surface area contributed by atoms with Crippen LogP contribution in [0.5, 0.6) is 0 Å². The molecule has 0 aliphatic rings. The molecule has 0 N–H and O–H groups in total. The second-order valence-corrected chi connectivity index (χ2v) is 10.5. The molecule has 3 nitrogen and oxygen atoms in total. The molecule has 42 heavy (non-hydrogen) atoms. The first-order chi connectivity index (χ1) is 20.8. The van der Waals surface area contributed by atoms with E-state index in [2.05, 4.69) is 114 Å². The zero-order valence-corrected chi connectivity index (χ0v) is 22.8. The molecule has 0 aliphatic heterocycles. The Labute approximate surface area is 243 Å². The molecule has 0 fully saturated rings. The summed E-state index contributed by atoms with van der Waals surface area (Å²) in [7, 11) is 0. The Morgan fingerprint density at radius 2 is 1.14 bits per heavy atom. The van der Waals surface area contributed by atoms with E-state index in [0.29, 0.717) is 0 Å². The summed E-state index contributed by atoms with van der Waals surface area (Å²) >= 11 is 0. The Balaban J connectivity index is 1.18. The monoisotopic (exact) mass is 535 g/mol. The molecule has 0 radical (unpaired) electrons. The first kappa shape index (κ1) is 24.2. The number of rotatable bonds is 4. The zero-order valence-electron chi connectivity index (χ0n) is 22.8. The van der Waals surface area contributed by atoms with E-state index < -0.39 is 0 Å². The number of nitrogens with zero attached hydrogens (tertiary/aromatic N) is 3. The summed E-state index contributed by atoms with van der Waals surface area (Å²) in [6.45, 7) is 0. The van der Waals surface area contributed by atoms with E-state index in [0.717, 1.165) is 55.6 Å². The van der Waals surface area contributed by atoms with Crippen LogP contribution in [0.3, 0.4) is 0 Å². The molecule has 0 saturated carbocycles. The highest BCUT2D eigenvalue weighted by Gasteiger charge is 2.12. The van der Waals surface area contributed by atoms with Crippen molar-refractivity contribution < 1.29 is 0 Å². The summed E-state index contributed by atoms with van der Waals surface area (Å²) in [6.07, 6.45) is 1.86. The van der Waals surface area contributed by atoms with E-state index in [4.69, 9.17) is 9.97 Å². The van der Waals surface area contributed by atoms with E-state index in [1.165, 1.54) is 21.9 Å². The van der Waals surface area contributed by atoms with Crippen molar-refractivity contribution in [1.29, 1.82) is 0 Å². The number of hydrogen-bond acceptors (Lipinski definition) is 3. The van der Waals surface area contributed by atoms with Crippen molar-refractivity contribution in [3.63, 3.8) is 0 Å². The Morgan fingerprint density at radius 1 is 0.405 bits per heavy atom. The lowest BCUT2D eigenvalue weighted by Gasteiger charge is -2.11. The molecule has 0 aliphatic carbocycles. The Hall–Kier alpha value is -5.67. The van der Waals surface area contributed by atoms with Crippen molar-refractivity contribution in [3.8, 4) is 44.9 Å². The standard InChI is InChI=1S/C39H25N3/c1-2-9-28(10-3-1)38-35-14-4-5-17-36(35)41-39(42-38)31-12-6-11-30(25-31)26-18-20-27(21-19-26)32-15-7-16-34-33(32)23-22-29-13-8-24-40-37(29)34/h1-25H. The van der Waals surface area contributed by atoms with Gasteiger partial charge in [-0.15, -0.1) is 0 Å². The van der Waals surface area contributed by atoms with Crippen molar-refractivity contribution in [3.05, 3.63) is 152 Å². The van der Waals surface area contributed by atoms with Gasteiger partial charge >= 0.3 is 0 Å². The molecule has 0 bridgehead atoms. The first-order valence-corrected chi connectivity index (χ1v) is 14.1. The minimum atomic E-state index is 0.725. The molecule has 8 aromatic rings. The van der Waals surface area contributed by atoms with Gasteiger partial charge in [-0.1, -0.05) is 127 Å². The fourth-order valence-corrected chi connectivity index (χ4v) is 5.86. The second kappa shape index (κ2) is 10.1. The smallest absolute Gasteiger partial charge is 0.160 e. The molecule has 196 valence electrons. The molecule has 6 aromatic carbocycles. The molecule has 8 rings (SSSR count). The number of hydrogen-bond donors (Lipinski definition) is 0. The molecule has 0 spiro atoms. The van der Waals surface area contributed by atoms with Crippen molar-refractivity contribution in [2.24, 2.45) is 0 Å². The molecule has 0 saturated heterocycles. The maximum Gasteiger partial charge on any atom is 0.160 e. The van der Waals surface area contributed by atoms with Gasteiger partial charge in [-0.25, -0.2) is 9.97 Å². The van der Waals surface area contributed by atoms with Gasteiger partial charge < -0.3 is 0 Å². The fraction of sp³-hybridized carbons (Fsp3) is 0. The topological polar surface area (TPSA) is 38.7 Å². The molecule has 0 amide bonds. The summed E-state index contributed by atoms with van der Waals surface area (Å²) in [6, 6.07) is 50.8. The van der Waals surface area contributed by atoms with Crippen LogP contribution in [-0.2, 0) is 0 Å².